The number of nitrogens with one attached hydrogen (secondary N) is 2. The molecule has 0 aliphatic heterocycles. The summed E-state index contributed by atoms with van der Waals surface area (Å²) in [4.78, 5) is 21.6. The predicted octanol–water partition coefficient (Wildman–Crippen LogP) is 3.24. The van der Waals surface area contributed by atoms with E-state index in [1.807, 2.05) is 0 Å². The van der Waals surface area contributed by atoms with Crippen LogP contribution in [0.4, 0.5) is 11.6 Å². The van der Waals surface area contributed by atoms with Crippen LogP contribution in [0, 0.1) is 5.92 Å². The van der Waals surface area contributed by atoms with Gasteiger partial charge in [0, 0.05) is 12.8 Å². The molecule has 31 heavy (non-hydrogen) atoms. The Hall–Kier alpha value is -2.23. The molecule has 1 unspecified atom stereocenters. The maximum absolute atomic E-state index is 13.2. The zero-order chi connectivity index (χ0) is 22.4. The maximum atomic E-state index is 13.2. The Morgan fingerprint density at radius 2 is 1.90 bits per heavy atom. The quantitative estimate of drug-likeness (QED) is 0.518. The lowest BCUT2D eigenvalue weighted by atomic mass is 9.87. The van der Waals surface area contributed by atoms with Gasteiger partial charge in [-0.2, -0.15) is 0 Å². The number of halogens is 1. The van der Waals surface area contributed by atoms with Crippen LogP contribution in [0.1, 0.15) is 43.6 Å². The van der Waals surface area contributed by atoms with Crippen LogP contribution in [0.15, 0.2) is 35.5 Å². The van der Waals surface area contributed by atoms with Gasteiger partial charge >= 0.3 is 0 Å². The van der Waals surface area contributed by atoms with Crippen molar-refractivity contribution in [1.29, 1.82) is 0 Å². The number of aromatic nitrogens is 2. The van der Waals surface area contributed by atoms with E-state index in [4.69, 9.17) is 16.7 Å². The molecule has 3 rings (SSSR count). The number of carbonyl (C=O) groups excluding carboxylic acids is 1. The minimum Gasteiger partial charge on any atom is -0.395 e. The van der Waals surface area contributed by atoms with Crippen LogP contribution in [0.2, 0.25) is 5.02 Å². The molecule has 1 atom stereocenters. The third-order valence-electron chi connectivity index (χ3n) is 5.44. The first-order valence-corrected chi connectivity index (χ1v) is 12.5. The molecule has 1 aliphatic rings. The SMILES string of the molecule is CS(=O)(=O)c1ccc(C(CC2CCCC2)C(=O)Nc2cnc(NCCO)cn2)cc1Cl. The van der Waals surface area contributed by atoms with Gasteiger partial charge < -0.3 is 15.7 Å². The number of nitrogens with zero attached hydrogens (tertiary/aromatic N) is 2. The minimum absolute atomic E-state index is 0.0241. The monoisotopic (exact) mass is 466 g/mol. The van der Waals surface area contributed by atoms with Crippen molar-refractivity contribution in [2.24, 2.45) is 5.92 Å². The van der Waals surface area contributed by atoms with Gasteiger partial charge in [0.2, 0.25) is 5.91 Å². The number of hydrogen-bond donors (Lipinski definition) is 3. The summed E-state index contributed by atoms with van der Waals surface area (Å²) in [7, 11) is -3.45. The summed E-state index contributed by atoms with van der Waals surface area (Å²) in [5.41, 5.74) is 0.677. The van der Waals surface area contributed by atoms with Gasteiger partial charge in [-0.1, -0.05) is 43.4 Å². The second-order valence-corrected chi connectivity index (χ2v) is 10.2. The number of anilines is 2. The topological polar surface area (TPSA) is 121 Å². The van der Waals surface area contributed by atoms with Crippen molar-refractivity contribution in [3.63, 3.8) is 0 Å². The van der Waals surface area contributed by atoms with Gasteiger partial charge in [0.1, 0.15) is 5.82 Å². The van der Waals surface area contributed by atoms with E-state index in [0.29, 0.717) is 36.1 Å². The Bertz CT molecular complexity index is 1010. The molecule has 0 saturated heterocycles. The van der Waals surface area contributed by atoms with Crippen LogP contribution in [-0.2, 0) is 14.6 Å². The molecule has 10 heteroatoms. The summed E-state index contributed by atoms with van der Waals surface area (Å²) in [6.07, 6.45) is 9.15. The van der Waals surface area contributed by atoms with Gasteiger partial charge in [0.05, 0.1) is 34.8 Å². The number of aliphatic hydroxyl groups excluding tert-OH is 1. The molecule has 1 fully saturated rings. The first kappa shape index (κ1) is 23.4. The zero-order valence-electron chi connectivity index (χ0n) is 17.3. The van der Waals surface area contributed by atoms with Gasteiger partial charge in [0.15, 0.2) is 15.7 Å². The molecule has 0 spiro atoms. The number of sulfone groups is 1. The van der Waals surface area contributed by atoms with E-state index in [0.717, 1.165) is 31.9 Å². The van der Waals surface area contributed by atoms with Crippen LogP contribution in [0.5, 0.6) is 0 Å². The Kier molecular flexibility index (Phi) is 7.85. The number of carbonyl (C=O) groups is 1. The van der Waals surface area contributed by atoms with E-state index < -0.39 is 15.8 Å². The fourth-order valence-electron chi connectivity index (χ4n) is 3.89. The third-order valence-corrected chi connectivity index (χ3v) is 7.02. The average molecular weight is 467 g/mol. The molecule has 0 bridgehead atoms. The summed E-state index contributed by atoms with van der Waals surface area (Å²) in [5.74, 6) is 0.524. The summed E-state index contributed by atoms with van der Waals surface area (Å²) < 4.78 is 23.8. The molecular formula is C21H27ClN4O4S. The van der Waals surface area contributed by atoms with Crippen LogP contribution < -0.4 is 10.6 Å². The highest BCUT2D eigenvalue weighted by Crippen LogP contribution is 2.36. The van der Waals surface area contributed by atoms with Gasteiger partial charge in [-0.3, -0.25) is 4.79 Å². The fraction of sp³-hybridized carbons (Fsp3) is 0.476. The molecule has 3 N–H and O–H groups in total. The largest absolute Gasteiger partial charge is 0.395 e. The molecule has 1 aromatic carbocycles. The molecule has 168 valence electrons. The van der Waals surface area contributed by atoms with Gasteiger partial charge in [-0.15, -0.1) is 0 Å². The van der Waals surface area contributed by atoms with Crippen molar-refractivity contribution >= 4 is 39.0 Å². The highest BCUT2D eigenvalue weighted by molar-refractivity contribution is 7.90. The highest BCUT2D eigenvalue weighted by Gasteiger charge is 2.28. The molecule has 1 heterocycles. The lowest BCUT2D eigenvalue weighted by Gasteiger charge is -2.21. The van der Waals surface area contributed by atoms with E-state index in [9.17, 15) is 13.2 Å². The van der Waals surface area contributed by atoms with Crippen molar-refractivity contribution in [3.05, 3.63) is 41.2 Å². The van der Waals surface area contributed by atoms with E-state index >= 15 is 0 Å². The Labute approximate surface area is 187 Å². The lowest BCUT2D eigenvalue weighted by molar-refractivity contribution is -0.118. The van der Waals surface area contributed by atoms with Gasteiger partial charge in [-0.25, -0.2) is 18.4 Å². The van der Waals surface area contributed by atoms with Crippen LogP contribution in [-0.4, -0.2) is 48.8 Å². The molecule has 2 aromatic rings. The van der Waals surface area contributed by atoms with Crippen LogP contribution in [0.3, 0.4) is 0 Å². The Morgan fingerprint density at radius 1 is 1.23 bits per heavy atom. The predicted molar refractivity (Wildman–Crippen MR) is 120 cm³/mol. The highest BCUT2D eigenvalue weighted by atomic mass is 35.5. The molecule has 1 aliphatic carbocycles. The molecule has 1 aromatic heterocycles. The lowest BCUT2D eigenvalue weighted by Crippen LogP contribution is -2.24. The molecule has 1 amide bonds. The van der Waals surface area contributed by atoms with Crippen molar-refractivity contribution < 1.29 is 18.3 Å². The third kappa shape index (κ3) is 6.38. The van der Waals surface area contributed by atoms with Crippen molar-refractivity contribution in [2.45, 2.75) is 42.9 Å². The normalized spacial score (nSPS) is 15.6. The molecule has 8 nitrogen and oxygen atoms in total. The standard InChI is InChI=1S/C21H27ClN4O4S/c1-31(29,30)18-7-6-15(11-17(18)22)16(10-14-4-2-3-5-14)21(28)26-20-13-24-19(12-25-20)23-8-9-27/h6-7,11-14,16,27H,2-5,8-10H2,1H3,(H,23,24)(H,25,26,28). The maximum Gasteiger partial charge on any atom is 0.233 e. The molecule has 0 radical (unpaired) electrons. The average Bonchev–Trinajstić information content (AvgIpc) is 3.23. The van der Waals surface area contributed by atoms with Crippen molar-refractivity contribution in [3.8, 4) is 0 Å². The summed E-state index contributed by atoms with van der Waals surface area (Å²) in [6.45, 7) is 0.331. The molecule has 1 saturated carbocycles. The van der Waals surface area contributed by atoms with Crippen molar-refractivity contribution in [1.82, 2.24) is 9.97 Å². The van der Waals surface area contributed by atoms with E-state index in [1.165, 1.54) is 18.5 Å². The van der Waals surface area contributed by atoms with E-state index in [1.54, 1.807) is 12.1 Å². The summed E-state index contributed by atoms with van der Waals surface area (Å²) in [5, 5.41) is 14.7. The number of amides is 1. The van der Waals surface area contributed by atoms with Gasteiger partial charge in [0.25, 0.3) is 0 Å². The minimum atomic E-state index is -3.45. The number of hydrogen-bond acceptors (Lipinski definition) is 7. The second-order valence-electron chi connectivity index (χ2n) is 7.83. The Balaban J connectivity index is 1.81. The number of benzene rings is 1. The second kappa shape index (κ2) is 10.4. The fourth-order valence-corrected chi connectivity index (χ4v) is 5.23. The van der Waals surface area contributed by atoms with Crippen molar-refractivity contribution in [2.75, 3.05) is 30.0 Å². The zero-order valence-corrected chi connectivity index (χ0v) is 18.9. The summed E-state index contributed by atoms with van der Waals surface area (Å²) >= 11 is 6.24. The van der Waals surface area contributed by atoms with Crippen LogP contribution >= 0.6 is 11.6 Å². The van der Waals surface area contributed by atoms with E-state index in [2.05, 4.69) is 20.6 Å². The molecular weight excluding hydrogens is 440 g/mol. The van der Waals surface area contributed by atoms with Gasteiger partial charge in [-0.05, 0) is 30.0 Å². The van der Waals surface area contributed by atoms with E-state index in [-0.39, 0.29) is 22.4 Å². The number of rotatable bonds is 9. The van der Waals surface area contributed by atoms with Crippen LogP contribution in [0.25, 0.3) is 0 Å². The summed E-state index contributed by atoms with van der Waals surface area (Å²) in [6, 6.07) is 4.70. The number of aliphatic hydroxyl groups is 1. The smallest absolute Gasteiger partial charge is 0.233 e. The Morgan fingerprint density at radius 3 is 2.48 bits per heavy atom. The first-order valence-electron chi connectivity index (χ1n) is 10.2. The first-order chi connectivity index (χ1) is 14.8.